The summed E-state index contributed by atoms with van der Waals surface area (Å²) < 4.78 is 0. The fourth-order valence-electron chi connectivity index (χ4n) is 2.95. The molecule has 0 aromatic heterocycles. The lowest BCUT2D eigenvalue weighted by atomic mass is 9.99. The first-order chi connectivity index (χ1) is 10.7. The molecule has 0 aromatic carbocycles. The summed E-state index contributed by atoms with van der Waals surface area (Å²) >= 11 is 0. The Kier molecular flexibility index (Phi) is 16.4. The molecule has 0 rings (SSSR count). The minimum absolute atomic E-state index is 0.319. The summed E-state index contributed by atoms with van der Waals surface area (Å²) in [6, 6.07) is 0. The molecular weight excluding hydrogens is 276 g/mol. The molecule has 0 spiro atoms. The average Bonchev–Trinajstić information content (AvgIpc) is 2.47. The lowest BCUT2D eigenvalue weighted by Crippen LogP contribution is -2.03. The molecule has 0 radical (unpaired) electrons. The summed E-state index contributed by atoms with van der Waals surface area (Å²) in [5.41, 5.74) is 0. The van der Waals surface area contributed by atoms with Crippen molar-refractivity contribution in [1.82, 2.24) is 0 Å². The number of carboxylic acids is 1. The highest BCUT2D eigenvalue weighted by atomic mass is 16.4. The van der Waals surface area contributed by atoms with Crippen molar-refractivity contribution >= 4 is 5.97 Å². The van der Waals surface area contributed by atoms with Crippen molar-refractivity contribution in [2.75, 3.05) is 6.61 Å². The van der Waals surface area contributed by atoms with Crippen molar-refractivity contribution in [2.24, 2.45) is 5.92 Å². The van der Waals surface area contributed by atoms with Gasteiger partial charge in [-0.2, -0.15) is 0 Å². The second kappa shape index (κ2) is 16.8. The Hall–Kier alpha value is -0.570. The van der Waals surface area contributed by atoms with Crippen molar-refractivity contribution in [3.8, 4) is 0 Å². The molecule has 0 saturated heterocycles. The maximum atomic E-state index is 10.5. The van der Waals surface area contributed by atoms with Gasteiger partial charge in [0.05, 0.1) is 0 Å². The average molecular weight is 315 g/mol. The van der Waals surface area contributed by atoms with Gasteiger partial charge in [-0.1, -0.05) is 90.4 Å². The van der Waals surface area contributed by atoms with Gasteiger partial charge in [0.25, 0.3) is 0 Å². The number of carboxylic acid groups (broad SMARTS) is 1. The quantitative estimate of drug-likeness (QED) is 0.346. The van der Waals surface area contributed by atoms with Crippen molar-refractivity contribution in [3.05, 3.63) is 0 Å². The van der Waals surface area contributed by atoms with Crippen LogP contribution in [0, 0.1) is 5.92 Å². The third-order valence-corrected chi connectivity index (χ3v) is 4.38. The maximum Gasteiger partial charge on any atom is 0.303 e. The van der Waals surface area contributed by atoms with Crippen LogP contribution in [0.3, 0.4) is 0 Å². The Morgan fingerprint density at radius 1 is 0.727 bits per heavy atom. The Balaban J connectivity index is 3.07. The first-order valence-corrected chi connectivity index (χ1v) is 9.49. The highest BCUT2D eigenvalue weighted by Crippen LogP contribution is 2.16. The molecule has 2 N–H and O–H groups in total. The highest BCUT2D eigenvalue weighted by molar-refractivity contribution is 5.66. The minimum Gasteiger partial charge on any atom is -0.481 e. The first-order valence-electron chi connectivity index (χ1n) is 9.49. The van der Waals surface area contributed by atoms with Crippen LogP contribution < -0.4 is 0 Å². The van der Waals surface area contributed by atoms with Crippen LogP contribution >= 0.6 is 0 Å². The number of aliphatic hydroxyl groups excluding tert-OH is 1. The number of hydrogen-bond acceptors (Lipinski definition) is 2. The van der Waals surface area contributed by atoms with Crippen LogP contribution in [0.4, 0.5) is 0 Å². The maximum absolute atomic E-state index is 10.5. The lowest BCUT2D eigenvalue weighted by molar-refractivity contribution is -0.138. The van der Waals surface area contributed by atoms with E-state index in [1.54, 1.807) is 0 Å². The predicted octanol–water partition coefficient (Wildman–Crippen LogP) is 5.55. The molecule has 0 heterocycles. The topological polar surface area (TPSA) is 57.5 Å². The number of aliphatic carboxylic acids is 1. The Labute approximate surface area is 137 Å². The molecule has 0 aliphatic carbocycles. The first kappa shape index (κ1) is 21.4. The zero-order chi connectivity index (χ0) is 16.5. The van der Waals surface area contributed by atoms with Gasteiger partial charge in [0.1, 0.15) is 0 Å². The van der Waals surface area contributed by atoms with E-state index in [1.807, 2.05) is 6.92 Å². The molecule has 0 amide bonds. The lowest BCUT2D eigenvalue weighted by Gasteiger charge is -2.08. The molecule has 0 aliphatic heterocycles. The van der Waals surface area contributed by atoms with E-state index in [0.717, 1.165) is 12.8 Å². The van der Waals surface area contributed by atoms with Crippen molar-refractivity contribution in [3.63, 3.8) is 0 Å². The van der Waals surface area contributed by atoms with Gasteiger partial charge in [-0.25, -0.2) is 0 Å². The van der Waals surface area contributed by atoms with E-state index in [-0.39, 0.29) is 0 Å². The van der Waals surface area contributed by atoms with Gasteiger partial charge in [0.15, 0.2) is 0 Å². The molecule has 3 heteroatoms. The number of hydrogen-bond donors (Lipinski definition) is 2. The number of rotatable bonds is 17. The fraction of sp³-hybridized carbons (Fsp3) is 0.947. The fourth-order valence-corrected chi connectivity index (χ4v) is 2.95. The molecule has 132 valence electrons. The van der Waals surface area contributed by atoms with Gasteiger partial charge in [0.2, 0.25) is 0 Å². The summed E-state index contributed by atoms with van der Waals surface area (Å²) in [6.07, 6.45) is 18.0. The monoisotopic (exact) mass is 314 g/mol. The number of carbonyl (C=O) groups is 1. The molecule has 0 saturated carbocycles. The predicted molar refractivity (Wildman–Crippen MR) is 93.1 cm³/mol. The van der Waals surface area contributed by atoms with Crippen LogP contribution in [-0.2, 0) is 4.79 Å². The molecule has 0 aromatic rings. The second-order valence-electron chi connectivity index (χ2n) is 6.81. The largest absolute Gasteiger partial charge is 0.481 e. The summed E-state index contributed by atoms with van der Waals surface area (Å²) in [6.45, 7) is 2.39. The van der Waals surface area contributed by atoms with E-state index in [4.69, 9.17) is 10.2 Å². The van der Waals surface area contributed by atoms with Gasteiger partial charge in [-0.3, -0.25) is 4.79 Å². The van der Waals surface area contributed by atoms with Crippen LogP contribution in [-0.4, -0.2) is 22.8 Å². The molecule has 0 fully saturated rings. The normalized spacial score (nSPS) is 12.5. The third kappa shape index (κ3) is 17.5. The van der Waals surface area contributed by atoms with E-state index in [2.05, 4.69) is 0 Å². The zero-order valence-electron chi connectivity index (χ0n) is 14.7. The standard InChI is InChI=1S/C19H38O3/c1-18(17-19(21)22)15-13-11-9-7-5-3-2-4-6-8-10-12-14-16-20/h18,20H,2-17H2,1H3,(H,21,22). The van der Waals surface area contributed by atoms with Crippen molar-refractivity contribution in [2.45, 2.75) is 103 Å². The van der Waals surface area contributed by atoms with E-state index < -0.39 is 5.97 Å². The van der Waals surface area contributed by atoms with Gasteiger partial charge in [-0.05, 0) is 12.3 Å². The molecule has 0 aliphatic rings. The molecular formula is C19H38O3. The number of unbranched alkanes of at least 4 members (excludes halogenated alkanes) is 12. The zero-order valence-corrected chi connectivity index (χ0v) is 14.7. The van der Waals surface area contributed by atoms with Gasteiger partial charge >= 0.3 is 5.97 Å². The SMILES string of the molecule is CC(CCCCCCCCCCCCCCCO)CC(=O)O. The summed E-state index contributed by atoms with van der Waals surface area (Å²) in [5, 5.41) is 17.4. The molecule has 3 nitrogen and oxygen atoms in total. The number of aliphatic hydroxyl groups is 1. The van der Waals surface area contributed by atoms with Crippen LogP contribution in [0.2, 0.25) is 0 Å². The Morgan fingerprint density at radius 3 is 1.45 bits per heavy atom. The van der Waals surface area contributed by atoms with Crippen molar-refractivity contribution in [1.29, 1.82) is 0 Å². The minimum atomic E-state index is -0.666. The van der Waals surface area contributed by atoms with Gasteiger partial charge < -0.3 is 10.2 Å². The summed E-state index contributed by atoms with van der Waals surface area (Å²) in [5.74, 6) is -0.337. The van der Waals surface area contributed by atoms with Crippen LogP contribution in [0.5, 0.6) is 0 Å². The van der Waals surface area contributed by atoms with E-state index in [9.17, 15) is 4.79 Å². The Morgan fingerprint density at radius 2 is 1.09 bits per heavy atom. The van der Waals surface area contributed by atoms with E-state index >= 15 is 0 Å². The van der Waals surface area contributed by atoms with E-state index in [1.165, 1.54) is 77.0 Å². The molecule has 1 atom stereocenters. The van der Waals surface area contributed by atoms with Crippen LogP contribution in [0.15, 0.2) is 0 Å². The van der Waals surface area contributed by atoms with Crippen LogP contribution in [0.1, 0.15) is 103 Å². The molecule has 1 unspecified atom stereocenters. The van der Waals surface area contributed by atoms with Crippen molar-refractivity contribution < 1.29 is 15.0 Å². The van der Waals surface area contributed by atoms with E-state index in [0.29, 0.717) is 18.9 Å². The third-order valence-electron chi connectivity index (χ3n) is 4.38. The van der Waals surface area contributed by atoms with Gasteiger partial charge in [-0.15, -0.1) is 0 Å². The summed E-state index contributed by atoms with van der Waals surface area (Å²) in [7, 11) is 0. The van der Waals surface area contributed by atoms with Gasteiger partial charge in [0, 0.05) is 13.0 Å². The second-order valence-corrected chi connectivity index (χ2v) is 6.81. The van der Waals surface area contributed by atoms with Crippen LogP contribution in [0.25, 0.3) is 0 Å². The molecule has 22 heavy (non-hydrogen) atoms. The Bertz CT molecular complexity index is 241. The summed E-state index contributed by atoms with van der Waals surface area (Å²) in [4.78, 5) is 10.5. The smallest absolute Gasteiger partial charge is 0.303 e. The molecule has 0 bridgehead atoms. The highest BCUT2D eigenvalue weighted by Gasteiger charge is 2.06.